The van der Waals surface area contributed by atoms with Crippen LogP contribution in [0, 0.1) is 12.8 Å². The fourth-order valence-electron chi connectivity index (χ4n) is 1.98. The van der Waals surface area contributed by atoms with Gasteiger partial charge in [-0.1, -0.05) is 0 Å². The van der Waals surface area contributed by atoms with E-state index in [0.717, 1.165) is 37.6 Å². The SMILES string of the molecule is Cc1ccnc(N2CCC[C@@H](CO)C2)n1. The van der Waals surface area contributed by atoms with Crippen LogP contribution < -0.4 is 4.90 Å². The van der Waals surface area contributed by atoms with Crippen LogP contribution in [0.3, 0.4) is 0 Å². The van der Waals surface area contributed by atoms with Gasteiger partial charge in [0, 0.05) is 31.6 Å². The van der Waals surface area contributed by atoms with Gasteiger partial charge in [-0.3, -0.25) is 0 Å². The fourth-order valence-corrected chi connectivity index (χ4v) is 1.98. The molecule has 1 aliphatic rings. The quantitative estimate of drug-likeness (QED) is 0.785. The van der Waals surface area contributed by atoms with Crippen molar-refractivity contribution in [2.75, 3.05) is 24.6 Å². The zero-order valence-electron chi connectivity index (χ0n) is 9.06. The third-order valence-electron chi connectivity index (χ3n) is 2.84. The molecular formula is C11H17N3O. The first-order chi connectivity index (χ1) is 7.29. The Morgan fingerprint density at radius 1 is 1.60 bits per heavy atom. The molecule has 1 aromatic heterocycles. The summed E-state index contributed by atoms with van der Waals surface area (Å²) < 4.78 is 0. The molecule has 0 bridgehead atoms. The van der Waals surface area contributed by atoms with Crippen LogP contribution in [0.15, 0.2) is 12.3 Å². The lowest BCUT2D eigenvalue weighted by molar-refractivity contribution is 0.208. The summed E-state index contributed by atoms with van der Waals surface area (Å²) in [4.78, 5) is 10.8. The second-order valence-corrected chi connectivity index (χ2v) is 4.13. The van der Waals surface area contributed by atoms with E-state index < -0.39 is 0 Å². The number of aromatic nitrogens is 2. The fraction of sp³-hybridized carbons (Fsp3) is 0.636. The van der Waals surface area contributed by atoms with Gasteiger partial charge in [-0.25, -0.2) is 9.97 Å². The summed E-state index contributed by atoms with van der Waals surface area (Å²) in [5.74, 6) is 1.18. The number of piperidine rings is 1. The molecule has 1 N–H and O–H groups in total. The Labute approximate surface area is 90.0 Å². The van der Waals surface area contributed by atoms with Crippen LogP contribution in [0.2, 0.25) is 0 Å². The number of rotatable bonds is 2. The minimum absolute atomic E-state index is 0.266. The average Bonchev–Trinajstić information content (AvgIpc) is 2.29. The van der Waals surface area contributed by atoms with E-state index in [1.165, 1.54) is 0 Å². The van der Waals surface area contributed by atoms with Crippen molar-refractivity contribution in [3.63, 3.8) is 0 Å². The smallest absolute Gasteiger partial charge is 0.225 e. The third-order valence-corrected chi connectivity index (χ3v) is 2.84. The Hall–Kier alpha value is -1.16. The molecule has 1 saturated heterocycles. The Balaban J connectivity index is 2.09. The second kappa shape index (κ2) is 4.57. The van der Waals surface area contributed by atoms with E-state index in [-0.39, 0.29) is 6.61 Å². The summed E-state index contributed by atoms with van der Waals surface area (Å²) in [7, 11) is 0. The maximum Gasteiger partial charge on any atom is 0.225 e. The van der Waals surface area contributed by atoms with E-state index in [1.807, 2.05) is 13.0 Å². The van der Waals surface area contributed by atoms with E-state index >= 15 is 0 Å². The van der Waals surface area contributed by atoms with Crippen molar-refractivity contribution in [2.45, 2.75) is 19.8 Å². The molecule has 0 radical (unpaired) electrons. The molecule has 1 fully saturated rings. The Morgan fingerprint density at radius 2 is 2.47 bits per heavy atom. The van der Waals surface area contributed by atoms with Gasteiger partial charge < -0.3 is 10.0 Å². The Morgan fingerprint density at radius 3 is 3.20 bits per heavy atom. The molecule has 2 heterocycles. The average molecular weight is 207 g/mol. The first kappa shape index (κ1) is 10.4. The lowest BCUT2D eigenvalue weighted by Gasteiger charge is -2.31. The number of hydrogen-bond donors (Lipinski definition) is 1. The Kier molecular flexibility index (Phi) is 3.16. The van der Waals surface area contributed by atoms with Crippen molar-refractivity contribution >= 4 is 5.95 Å². The maximum atomic E-state index is 9.14. The number of aliphatic hydroxyl groups excluding tert-OH is 1. The summed E-state index contributed by atoms with van der Waals surface area (Å²) in [5.41, 5.74) is 0.992. The predicted molar refractivity (Wildman–Crippen MR) is 58.8 cm³/mol. The van der Waals surface area contributed by atoms with E-state index in [9.17, 15) is 0 Å². The van der Waals surface area contributed by atoms with Crippen LogP contribution in [0.4, 0.5) is 5.95 Å². The number of aryl methyl sites for hydroxylation is 1. The van der Waals surface area contributed by atoms with Gasteiger partial charge >= 0.3 is 0 Å². The van der Waals surface area contributed by atoms with Crippen LogP contribution in [-0.4, -0.2) is 34.8 Å². The molecule has 0 unspecified atom stereocenters. The predicted octanol–water partition coefficient (Wildman–Crippen LogP) is 0.994. The highest BCUT2D eigenvalue weighted by Crippen LogP contribution is 2.19. The Bertz CT molecular complexity index is 329. The molecule has 1 atom stereocenters. The molecule has 0 amide bonds. The van der Waals surface area contributed by atoms with E-state index in [4.69, 9.17) is 5.11 Å². The number of anilines is 1. The van der Waals surface area contributed by atoms with Crippen molar-refractivity contribution in [1.29, 1.82) is 0 Å². The standard InChI is InChI=1S/C11H17N3O/c1-9-4-5-12-11(13-9)14-6-2-3-10(7-14)8-15/h4-5,10,15H,2-3,6-8H2,1H3/t10-/m1/s1. The van der Waals surface area contributed by atoms with E-state index in [2.05, 4.69) is 14.9 Å². The highest BCUT2D eigenvalue weighted by atomic mass is 16.3. The molecule has 15 heavy (non-hydrogen) atoms. The topological polar surface area (TPSA) is 49.2 Å². The number of nitrogens with zero attached hydrogens (tertiary/aromatic N) is 3. The molecule has 1 aliphatic heterocycles. The van der Waals surface area contributed by atoms with Crippen molar-refractivity contribution in [1.82, 2.24) is 9.97 Å². The van der Waals surface area contributed by atoms with Gasteiger partial charge in [0.2, 0.25) is 5.95 Å². The second-order valence-electron chi connectivity index (χ2n) is 4.13. The minimum Gasteiger partial charge on any atom is -0.396 e. The molecule has 1 aromatic rings. The lowest BCUT2D eigenvalue weighted by atomic mass is 9.99. The monoisotopic (exact) mass is 207 g/mol. The highest BCUT2D eigenvalue weighted by Gasteiger charge is 2.20. The maximum absolute atomic E-state index is 9.14. The van der Waals surface area contributed by atoms with Gasteiger partial charge in [-0.05, 0) is 31.7 Å². The molecule has 0 aliphatic carbocycles. The summed E-state index contributed by atoms with van der Waals surface area (Å²) in [5, 5.41) is 9.14. The van der Waals surface area contributed by atoms with Crippen LogP contribution in [-0.2, 0) is 0 Å². The first-order valence-corrected chi connectivity index (χ1v) is 5.45. The van der Waals surface area contributed by atoms with Crippen LogP contribution in [0.5, 0.6) is 0 Å². The van der Waals surface area contributed by atoms with Gasteiger partial charge in [-0.2, -0.15) is 0 Å². The number of aliphatic hydroxyl groups is 1. The molecule has 82 valence electrons. The van der Waals surface area contributed by atoms with Crippen LogP contribution in [0.1, 0.15) is 18.5 Å². The van der Waals surface area contributed by atoms with Crippen molar-refractivity contribution in [3.8, 4) is 0 Å². The summed E-state index contributed by atoms with van der Waals surface area (Å²) in [6.45, 7) is 4.11. The third kappa shape index (κ3) is 2.45. The summed E-state index contributed by atoms with van der Waals surface area (Å²) in [6.07, 6.45) is 4.02. The molecule has 2 rings (SSSR count). The van der Waals surface area contributed by atoms with E-state index in [0.29, 0.717) is 5.92 Å². The van der Waals surface area contributed by atoms with Gasteiger partial charge in [0.25, 0.3) is 0 Å². The van der Waals surface area contributed by atoms with Gasteiger partial charge in [0.05, 0.1) is 0 Å². The van der Waals surface area contributed by atoms with Crippen molar-refractivity contribution < 1.29 is 5.11 Å². The molecular weight excluding hydrogens is 190 g/mol. The van der Waals surface area contributed by atoms with Crippen molar-refractivity contribution in [3.05, 3.63) is 18.0 Å². The molecule has 0 spiro atoms. The molecule has 0 saturated carbocycles. The molecule has 4 heteroatoms. The molecule has 4 nitrogen and oxygen atoms in total. The lowest BCUT2D eigenvalue weighted by Crippen LogP contribution is -2.37. The van der Waals surface area contributed by atoms with E-state index in [1.54, 1.807) is 6.20 Å². The zero-order chi connectivity index (χ0) is 10.7. The molecule has 0 aromatic carbocycles. The van der Waals surface area contributed by atoms with Gasteiger partial charge in [0.1, 0.15) is 0 Å². The summed E-state index contributed by atoms with van der Waals surface area (Å²) in [6, 6.07) is 1.90. The normalized spacial score (nSPS) is 21.7. The highest BCUT2D eigenvalue weighted by molar-refractivity contribution is 5.30. The van der Waals surface area contributed by atoms with Crippen molar-refractivity contribution in [2.24, 2.45) is 5.92 Å². The first-order valence-electron chi connectivity index (χ1n) is 5.45. The van der Waals surface area contributed by atoms with Crippen LogP contribution in [0.25, 0.3) is 0 Å². The van der Waals surface area contributed by atoms with Gasteiger partial charge in [-0.15, -0.1) is 0 Å². The minimum atomic E-state index is 0.266. The summed E-state index contributed by atoms with van der Waals surface area (Å²) >= 11 is 0. The van der Waals surface area contributed by atoms with Crippen LogP contribution >= 0.6 is 0 Å². The number of hydrogen-bond acceptors (Lipinski definition) is 4. The largest absolute Gasteiger partial charge is 0.396 e. The zero-order valence-corrected chi connectivity index (χ0v) is 9.06. The van der Waals surface area contributed by atoms with Gasteiger partial charge in [0.15, 0.2) is 0 Å².